The lowest BCUT2D eigenvalue weighted by atomic mass is 9.78. The van der Waals surface area contributed by atoms with Crippen molar-refractivity contribution in [1.82, 2.24) is 35.5 Å². The second-order valence-electron chi connectivity index (χ2n) is 5.91. The molecule has 2 fully saturated rings. The quantitative estimate of drug-likeness (QED) is 0.833. The zero-order valence-corrected chi connectivity index (χ0v) is 11.8. The summed E-state index contributed by atoms with van der Waals surface area (Å²) in [4.78, 5) is 11.2. The third-order valence-electron chi connectivity index (χ3n) is 4.68. The van der Waals surface area contributed by atoms with Crippen molar-refractivity contribution in [2.75, 3.05) is 31.1 Å². The van der Waals surface area contributed by atoms with Crippen LogP contribution in [-0.4, -0.2) is 56.4 Å². The fourth-order valence-corrected chi connectivity index (χ4v) is 3.28. The number of hydrogen-bond acceptors (Lipinski definition) is 7. The normalized spacial score (nSPS) is 21.0. The first-order valence-corrected chi connectivity index (χ1v) is 7.36. The van der Waals surface area contributed by atoms with Gasteiger partial charge in [0.2, 0.25) is 5.95 Å². The summed E-state index contributed by atoms with van der Waals surface area (Å²) < 4.78 is 1.55. The Hall–Kier alpha value is -2.09. The molecule has 2 aliphatic rings. The van der Waals surface area contributed by atoms with Crippen LogP contribution in [0.15, 0.2) is 18.7 Å². The largest absolute Gasteiger partial charge is 0.341 e. The SMILES string of the molecule is c1nc(N2CCC3(CCNC3)CC2)ncc1-n1cnnn1. The van der Waals surface area contributed by atoms with Crippen LogP contribution in [0, 0.1) is 5.41 Å². The van der Waals surface area contributed by atoms with Gasteiger partial charge in [-0.25, -0.2) is 9.97 Å². The van der Waals surface area contributed by atoms with Gasteiger partial charge in [0.1, 0.15) is 12.0 Å². The molecule has 0 atom stereocenters. The molecule has 2 saturated heterocycles. The number of anilines is 1. The van der Waals surface area contributed by atoms with E-state index < -0.39 is 0 Å². The third-order valence-corrected chi connectivity index (χ3v) is 4.68. The molecule has 0 saturated carbocycles. The van der Waals surface area contributed by atoms with Gasteiger partial charge in [0.05, 0.1) is 12.4 Å². The molecular weight excluding hydrogens is 268 g/mol. The Morgan fingerprint density at radius 2 is 1.90 bits per heavy atom. The molecule has 2 aromatic rings. The molecule has 0 bridgehead atoms. The van der Waals surface area contributed by atoms with Gasteiger partial charge < -0.3 is 10.2 Å². The molecular formula is C13H18N8. The standard InChI is InChI=1S/C13H18N8/c1-4-14-9-13(1)2-5-20(6-3-13)12-15-7-11(8-16-12)21-10-17-18-19-21/h7-8,10,14H,1-6,9H2. The molecule has 0 amide bonds. The summed E-state index contributed by atoms with van der Waals surface area (Å²) in [5.74, 6) is 0.799. The first-order valence-electron chi connectivity index (χ1n) is 7.36. The van der Waals surface area contributed by atoms with Crippen molar-refractivity contribution in [2.24, 2.45) is 5.41 Å². The van der Waals surface area contributed by atoms with E-state index in [4.69, 9.17) is 0 Å². The number of rotatable bonds is 2. The average molecular weight is 286 g/mol. The van der Waals surface area contributed by atoms with Gasteiger partial charge in [-0.2, -0.15) is 4.68 Å². The van der Waals surface area contributed by atoms with Crippen molar-refractivity contribution < 1.29 is 0 Å². The third kappa shape index (κ3) is 2.35. The van der Waals surface area contributed by atoms with Crippen LogP contribution in [0.5, 0.6) is 0 Å². The first-order chi connectivity index (χ1) is 10.3. The van der Waals surface area contributed by atoms with Crippen LogP contribution in [0.4, 0.5) is 5.95 Å². The molecule has 4 heterocycles. The molecule has 1 spiro atoms. The summed E-state index contributed by atoms with van der Waals surface area (Å²) in [7, 11) is 0. The van der Waals surface area contributed by atoms with Gasteiger partial charge in [-0.3, -0.25) is 0 Å². The molecule has 21 heavy (non-hydrogen) atoms. The second kappa shape index (κ2) is 5.03. The smallest absolute Gasteiger partial charge is 0.225 e. The summed E-state index contributed by atoms with van der Waals surface area (Å²) in [6.45, 7) is 4.40. The maximum absolute atomic E-state index is 4.46. The van der Waals surface area contributed by atoms with Crippen LogP contribution in [0.2, 0.25) is 0 Å². The van der Waals surface area contributed by atoms with Gasteiger partial charge in [-0.1, -0.05) is 0 Å². The Bertz CT molecular complexity index is 577. The van der Waals surface area contributed by atoms with Gasteiger partial charge in [-0.05, 0) is 41.6 Å². The average Bonchev–Trinajstić information content (AvgIpc) is 3.21. The minimum absolute atomic E-state index is 0.517. The van der Waals surface area contributed by atoms with E-state index in [9.17, 15) is 0 Å². The molecule has 0 radical (unpaired) electrons. The van der Waals surface area contributed by atoms with Gasteiger partial charge in [-0.15, -0.1) is 5.10 Å². The van der Waals surface area contributed by atoms with E-state index in [0.29, 0.717) is 5.41 Å². The highest BCUT2D eigenvalue weighted by Gasteiger charge is 2.37. The van der Waals surface area contributed by atoms with Crippen molar-refractivity contribution in [3.05, 3.63) is 18.7 Å². The Morgan fingerprint density at radius 1 is 1.10 bits per heavy atom. The molecule has 0 aromatic carbocycles. The first kappa shape index (κ1) is 12.6. The summed E-state index contributed by atoms with van der Waals surface area (Å²) in [6, 6.07) is 0. The maximum Gasteiger partial charge on any atom is 0.225 e. The highest BCUT2D eigenvalue weighted by Crippen LogP contribution is 2.37. The lowest BCUT2D eigenvalue weighted by Gasteiger charge is -2.38. The zero-order chi connectivity index (χ0) is 14.1. The van der Waals surface area contributed by atoms with Crippen LogP contribution in [-0.2, 0) is 0 Å². The monoisotopic (exact) mass is 286 g/mol. The summed E-state index contributed by atoms with van der Waals surface area (Å²) in [5, 5.41) is 14.5. The number of piperidine rings is 1. The predicted molar refractivity (Wildman–Crippen MR) is 76.1 cm³/mol. The Labute approximate surface area is 122 Å². The van der Waals surface area contributed by atoms with E-state index in [0.717, 1.165) is 31.3 Å². The number of aromatic nitrogens is 6. The van der Waals surface area contributed by atoms with Gasteiger partial charge in [0.25, 0.3) is 0 Å². The number of nitrogens with zero attached hydrogens (tertiary/aromatic N) is 7. The molecule has 0 aliphatic carbocycles. The zero-order valence-electron chi connectivity index (χ0n) is 11.8. The number of nitrogens with one attached hydrogen (secondary N) is 1. The molecule has 8 nitrogen and oxygen atoms in total. The highest BCUT2D eigenvalue weighted by molar-refractivity contribution is 5.34. The summed E-state index contributed by atoms with van der Waals surface area (Å²) in [5.41, 5.74) is 1.29. The van der Waals surface area contributed by atoms with Crippen LogP contribution in [0.25, 0.3) is 5.69 Å². The molecule has 1 N–H and O–H groups in total. The number of hydrogen-bond donors (Lipinski definition) is 1. The number of tetrazole rings is 1. The lowest BCUT2D eigenvalue weighted by Crippen LogP contribution is -2.41. The fourth-order valence-electron chi connectivity index (χ4n) is 3.28. The van der Waals surface area contributed by atoms with E-state index in [1.165, 1.54) is 32.1 Å². The van der Waals surface area contributed by atoms with Gasteiger partial charge in [0.15, 0.2) is 0 Å². The summed E-state index contributed by atoms with van der Waals surface area (Å²) in [6.07, 6.45) is 8.81. The highest BCUT2D eigenvalue weighted by atomic mass is 15.5. The minimum atomic E-state index is 0.517. The van der Waals surface area contributed by atoms with Crippen molar-refractivity contribution in [3.63, 3.8) is 0 Å². The Morgan fingerprint density at radius 3 is 2.52 bits per heavy atom. The Kier molecular flexibility index (Phi) is 3.03. The van der Waals surface area contributed by atoms with Crippen molar-refractivity contribution in [2.45, 2.75) is 19.3 Å². The van der Waals surface area contributed by atoms with E-state index >= 15 is 0 Å². The van der Waals surface area contributed by atoms with Crippen molar-refractivity contribution >= 4 is 5.95 Å². The van der Waals surface area contributed by atoms with Crippen LogP contribution in [0.3, 0.4) is 0 Å². The summed E-state index contributed by atoms with van der Waals surface area (Å²) >= 11 is 0. The molecule has 2 aliphatic heterocycles. The van der Waals surface area contributed by atoms with Crippen LogP contribution >= 0.6 is 0 Å². The van der Waals surface area contributed by atoms with E-state index in [2.05, 4.69) is 35.7 Å². The Balaban J connectivity index is 1.45. The van der Waals surface area contributed by atoms with Gasteiger partial charge >= 0.3 is 0 Å². The lowest BCUT2D eigenvalue weighted by molar-refractivity contribution is 0.246. The predicted octanol–water partition coefficient (Wildman–Crippen LogP) is 0.0322. The second-order valence-corrected chi connectivity index (χ2v) is 5.91. The minimum Gasteiger partial charge on any atom is -0.341 e. The molecule has 4 rings (SSSR count). The fraction of sp³-hybridized carbons (Fsp3) is 0.615. The van der Waals surface area contributed by atoms with Gasteiger partial charge in [0, 0.05) is 19.6 Å². The van der Waals surface area contributed by atoms with Crippen LogP contribution < -0.4 is 10.2 Å². The van der Waals surface area contributed by atoms with E-state index in [1.54, 1.807) is 17.1 Å². The van der Waals surface area contributed by atoms with Crippen molar-refractivity contribution in [1.29, 1.82) is 0 Å². The topological polar surface area (TPSA) is 84.7 Å². The van der Waals surface area contributed by atoms with Crippen molar-refractivity contribution in [3.8, 4) is 5.69 Å². The van der Waals surface area contributed by atoms with Crippen LogP contribution in [0.1, 0.15) is 19.3 Å². The molecule has 2 aromatic heterocycles. The molecule has 110 valence electrons. The maximum atomic E-state index is 4.46. The van der Waals surface area contributed by atoms with E-state index in [1.807, 2.05) is 0 Å². The molecule has 0 unspecified atom stereocenters. The molecule has 8 heteroatoms. The van der Waals surface area contributed by atoms with E-state index in [-0.39, 0.29) is 0 Å².